The van der Waals surface area contributed by atoms with Gasteiger partial charge in [0, 0.05) is 25.2 Å². The number of hydrogen-bond acceptors (Lipinski definition) is 3. The van der Waals surface area contributed by atoms with Crippen LogP contribution in [0.5, 0.6) is 0 Å². The van der Waals surface area contributed by atoms with Gasteiger partial charge >= 0.3 is 0 Å². The number of rotatable bonds is 6. The van der Waals surface area contributed by atoms with Gasteiger partial charge < -0.3 is 4.90 Å². The van der Waals surface area contributed by atoms with Crippen molar-refractivity contribution in [1.82, 2.24) is 9.62 Å². The fraction of sp³-hybridized carbons (Fsp3) is 0.381. The highest BCUT2D eigenvalue weighted by atomic mass is 35.5. The maximum Gasteiger partial charge on any atom is 0.253 e. The van der Waals surface area contributed by atoms with Crippen LogP contribution in [0.25, 0.3) is 0 Å². The van der Waals surface area contributed by atoms with E-state index in [1.807, 2.05) is 30.3 Å². The molecule has 7 heteroatoms. The second-order valence-electron chi connectivity index (χ2n) is 7.16. The molecule has 0 atom stereocenters. The lowest BCUT2D eigenvalue weighted by Gasteiger charge is -2.31. The molecule has 0 unspecified atom stereocenters. The van der Waals surface area contributed by atoms with E-state index < -0.39 is 10.0 Å². The molecular weight excluding hydrogens is 396 g/mol. The second kappa shape index (κ2) is 9.07. The molecule has 0 heterocycles. The Morgan fingerprint density at radius 3 is 2.46 bits per heavy atom. The Morgan fingerprint density at radius 2 is 1.79 bits per heavy atom. The van der Waals surface area contributed by atoms with Crippen molar-refractivity contribution < 1.29 is 13.2 Å². The third-order valence-electron chi connectivity index (χ3n) is 5.22. The monoisotopic (exact) mass is 420 g/mol. The second-order valence-corrected chi connectivity index (χ2v) is 9.31. The van der Waals surface area contributed by atoms with Gasteiger partial charge in [0.15, 0.2) is 0 Å². The summed E-state index contributed by atoms with van der Waals surface area (Å²) in [6.07, 6.45) is 5.41. The van der Waals surface area contributed by atoms with Crippen LogP contribution in [0.1, 0.15) is 48.0 Å². The maximum absolute atomic E-state index is 12.9. The van der Waals surface area contributed by atoms with Gasteiger partial charge in [0.25, 0.3) is 5.91 Å². The lowest BCUT2D eigenvalue weighted by molar-refractivity contribution is 0.0696. The van der Waals surface area contributed by atoms with Crippen molar-refractivity contribution in [3.63, 3.8) is 0 Å². The Morgan fingerprint density at radius 1 is 1.11 bits per heavy atom. The van der Waals surface area contributed by atoms with E-state index in [9.17, 15) is 13.2 Å². The van der Waals surface area contributed by atoms with Crippen LogP contribution in [0, 0.1) is 0 Å². The number of sulfonamides is 1. The van der Waals surface area contributed by atoms with Crippen molar-refractivity contribution in [2.24, 2.45) is 0 Å². The molecular formula is C21H25ClN2O3S. The van der Waals surface area contributed by atoms with E-state index in [4.69, 9.17) is 11.6 Å². The molecule has 2 aromatic carbocycles. The van der Waals surface area contributed by atoms with Crippen molar-refractivity contribution >= 4 is 27.5 Å². The Labute approximate surface area is 171 Å². The van der Waals surface area contributed by atoms with E-state index in [1.165, 1.54) is 18.6 Å². The highest BCUT2D eigenvalue weighted by Crippen LogP contribution is 2.26. The summed E-state index contributed by atoms with van der Waals surface area (Å²) < 4.78 is 28.1. The Kier molecular flexibility index (Phi) is 6.75. The number of carbonyl (C=O) groups is 1. The highest BCUT2D eigenvalue weighted by molar-refractivity contribution is 7.89. The molecule has 28 heavy (non-hydrogen) atoms. The van der Waals surface area contributed by atoms with Gasteiger partial charge in [0.2, 0.25) is 10.0 Å². The van der Waals surface area contributed by atoms with Gasteiger partial charge in [0.1, 0.15) is 4.90 Å². The van der Waals surface area contributed by atoms with E-state index in [2.05, 4.69) is 4.72 Å². The molecule has 0 radical (unpaired) electrons. The molecule has 2 aromatic rings. The van der Waals surface area contributed by atoms with Gasteiger partial charge in [0.05, 0.1) is 5.02 Å². The maximum atomic E-state index is 12.9. The average molecular weight is 421 g/mol. The number of nitrogens with one attached hydrogen (secondary N) is 1. The number of benzene rings is 2. The zero-order chi connectivity index (χ0) is 20.1. The molecule has 0 spiro atoms. The molecule has 150 valence electrons. The van der Waals surface area contributed by atoms with Crippen LogP contribution in [-0.4, -0.2) is 32.3 Å². The van der Waals surface area contributed by atoms with Gasteiger partial charge in [-0.1, -0.05) is 61.2 Å². The number of amides is 1. The van der Waals surface area contributed by atoms with Crippen molar-refractivity contribution in [1.29, 1.82) is 0 Å². The summed E-state index contributed by atoms with van der Waals surface area (Å²) in [6.45, 7) is 0.152. The van der Waals surface area contributed by atoms with Crippen molar-refractivity contribution in [3.05, 3.63) is 64.7 Å². The lowest BCUT2D eigenvalue weighted by Crippen LogP contribution is -2.38. The number of halogens is 1. The van der Waals surface area contributed by atoms with Crippen molar-refractivity contribution in [3.8, 4) is 0 Å². The quantitative estimate of drug-likeness (QED) is 0.760. The minimum absolute atomic E-state index is 0.0759. The molecule has 1 saturated carbocycles. The first kappa shape index (κ1) is 20.8. The summed E-state index contributed by atoms with van der Waals surface area (Å²) in [7, 11) is -2.06. The predicted octanol–water partition coefficient (Wildman–Crippen LogP) is 4.22. The Hall–Kier alpha value is -1.89. The van der Waals surface area contributed by atoms with E-state index in [0.29, 0.717) is 5.56 Å². The van der Waals surface area contributed by atoms with Gasteiger partial charge in [-0.15, -0.1) is 0 Å². The van der Waals surface area contributed by atoms with E-state index in [-0.39, 0.29) is 28.4 Å². The topological polar surface area (TPSA) is 66.5 Å². The largest absolute Gasteiger partial charge is 0.339 e. The molecule has 0 bridgehead atoms. The first-order valence-corrected chi connectivity index (χ1v) is 11.3. The fourth-order valence-electron chi connectivity index (χ4n) is 3.53. The summed E-state index contributed by atoms with van der Waals surface area (Å²) >= 11 is 6.15. The first-order chi connectivity index (χ1) is 13.4. The van der Waals surface area contributed by atoms with Crippen LogP contribution in [-0.2, 0) is 16.6 Å². The van der Waals surface area contributed by atoms with Crippen LogP contribution in [0.15, 0.2) is 53.4 Å². The van der Waals surface area contributed by atoms with Gasteiger partial charge in [-0.05, 0) is 36.6 Å². The number of nitrogens with zero attached hydrogens (tertiary/aromatic N) is 1. The summed E-state index contributed by atoms with van der Waals surface area (Å²) in [4.78, 5) is 14.5. The van der Waals surface area contributed by atoms with Gasteiger partial charge in [-0.2, -0.15) is 0 Å². The molecule has 5 nitrogen and oxygen atoms in total. The highest BCUT2D eigenvalue weighted by Gasteiger charge is 2.25. The molecule has 1 amide bonds. The van der Waals surface area contributed by atoms with Crippen LogP contribution in [0.3, 0.4) is 0 Å². The van der Waals surface area contributed by atoms with Crippen molar-refractivity contribution in [2.45, 2.75) is 49.6 Å². The zero-order valence-corrected chi connectivity index (χ0v) is 17.5. The third kappa shape index (κ3) is 4.93. The van der Waals surface area contributed by atoms with Gasteiger partial charge in [-0.25, -0.2) is 13.1 Å². The van der Waals surface area contributed by atoms with Crippen molar-refractivity contribution in [2.75, 3.05) is 7.05 Å². The Balaban J connectivity index is 1.79. The first-order valence-electron chi connectivity index (χ1n) is 9.49. The molecule has 0 saturated heterocycles. The summed E-state index contributed by atoms with van der Waals surface area (Å²) in [5.74, 6) is -0.178. The molecule has 3 rings (SSSR count). The molecule has 0 aliphatic heterocycles. The standard InChI is InChI=1S/C21H25ClN2O3S/c1-24(18-10-6-3-7-11-18)21(25)17-12-13-19(22)20(14-17)28(26,27)23-15-16-8-4-2-5-9-16/h2,4-5,8-9,12-14,18,23H,3,6-7,10-11,15H2,1H3. The molecule has 0 aromatic heterocycles. The van der Waals surface area contributed by atoms with E-state index in [0.717, 1.165) is 31.2 Å². The smallest absolute Gasteiger partial charge is 0.253 e. The molecule has 1 N–H and O–H groups in total. The normalized spacial score (nSPS) is 15.4. The summed E-state index contributed by atoms with van der Waals surface area (Å²) in [5, 5.41) is 0.0948. The lowest BCUT2D eigenvalue weighted by atomic mass is 9.94. The van der Waals surface area contributed by atoms with Crippen LogP contribution in [0.4, 0.5) is 0 Å². The SMILES string of the molecule is CN(C(=O)c1ccc(Cl)c(S(=O)(=O)NCc2ccccc2)c1)C1CCCCC1. The average Bonchev–Trinajstić information content (AvgIpc) is 2.73. The minimum Gasteiger partial charge on any atom is -0.339 e. The summed E-state index contributed by atoms with van der Waals surface area (Å²) in [5.41, 5.74) is 1.17. The summed E-state index contributed by atoms with van der Waals surface area (Å²) in [6, 6.07) is 13.9. The third-order valence-corrected chi connectivity index (χ3v) is 7.10. The van der Waals surface area contributed by atoms with E-state index >= 15 is 0 Å². The molecule has 1 fully saturated rings. The van der Waals surface area contributed by atoms with E-state index in [1.54, 1.807) is 18.0 Å². The zero-order valence-electron chi connectivity index (χ0n) is 15.9. The predicted molar refractivity (Wildman–Crippen MR) is 111 cm³/mol. The fourth-order valence-corrected chi connectivity index (χ4v) is 5.07. The molecule has 1 aliphatic rings. The minimum atomic E-state index is -3.85. The van der Waals surface area contributed by atoms with Crippen LogP contribution < -0.4 is 4.72 Å². The number of hydrogen-bond donors (Lipinski definition) is 1. The van der Waals surface area contributed by atoms with Crippen LogP contribution in [0.2, 0.25) is 5.02 Å². The molecule has 1 aliphatic carbocycles. The number of carbonyl (C=O) groups excluding carboxylic acids is 1. The van der Waals surface area contributed by atoms with Crippen LogP contribution >= 0.6 is 11.6 Å². The van der Waals surface area contributed by atoms with Gasteiger partial charge in [-0.3, -0.25) is 4.79 Å². The Bertz CT molecular complexity index is 926.